The van der Waals surface area contributed by atoms with Crippen molar-refractivity contribution in [2.24, 2.45) is 0 Å². The van der Waals surface area contributed by atoms with Crippen LogP contribution in [0.5, 0.6) is 0 Å². The number of benzene rings is 1. The van der Waals surface area contributed by atoms with E-state index in [0.717, 1.165) is 22.1 Å². The fourth-order valence-corrected chi connectivity index (χ4v) is 2.35. The zero-order valence-electron chi connectivity index (χ0n) is 13.3. The predicted octanol–water partition coefficient (Wildman–Crippen LogP) is 3.41. The highest BCUT2D eigenvalue weighted by Gasteiger charge is 2.14. The molecule has 124 valence electrons. The average molecular weight is 328 g/mol. The predicted molar refractivity (Wildman–Crippen MR) is 84.5 cm³/mol. The molecule has 0 aliphatic carbocycles. The van der Waals surface area contributed by atoms with Crippen LogP contribution < -0.4 is 0 Å². The lowest BCUT2D eigenvalue weighted by molar-refractivity contribution is -0.144. The van der Waals surface area contributed by atoms with Crippen LogP contribution in [-0.2, 0) is 27.3 Å². The van der Waals surface area contributed by atoms with Gasteiger partial charge in [-0.25, -0.2) is 4.79 Å². The number of fused-ring (bicyclic) bond motifs is 1. The van der Waals surface area contributed by atoms with Crippen molar-refractivity contribution in [1.29, 1.82) is 0 Å². The molecule has 0 atom stereocenters. The third kappa shape index (κ3) is 3.32. The molecule has 0 radical (unpaired) electrons. The molecular formula is C18H16O6. The summed E-state index contributed by atoms with van der Waals surface area (Å²) in [5.74, 6) is -0.543. The lowest BCUT2D eigenvalue weighted by Gasteiger charge is -2.02. The Bertz CT molecular complexity index is 886. The normalized spacial score (nSPS) is 10.8. The highest BCUT2D eigenvalue weighted by atomic mass is 16.5. The van der Waals surface area contributed by atoms with Crippen LogP contribution in [0.15, 0.2) is 45.4 Å². The van der Waals surface area contributed by atoms with Crippen molar-refractivity contribution >= 4 is 22.9 Å². The third-order valence-electron chi connectivity index (χ3n) is 3.57. The number of hydrogen-bond acceptors (Lipinski definition) is 6. The summed E-state index contributed by atoms with van der Waals surface area (Å²) < 4.78 is 20.4. The molecule has 0 amide bonds. The van der Waals surface area contributed by atoms with Gasteiger partial charge in [-0.2, -0.15) is 0 Å². The molecule has 6 nitrogen and oxygen atoms in total. The maximum Gasteiger partial charge on any atom is 0.373 e. The molecule has 0 saturated heterocycles. The maximum absolute atomic E-state index is 12.0. The van der Waals surface area contributed by atoms with Crippen molar-refractivity contribution in [3.8, 4) is 0 Å². The van der Waals surface area contributed by atoms with Crippen molar-refractivity contribution in [3.63, 3.8) is 0 Å². The number of esters is 2. The van der Waals surface area contributed by atoms with Gasteiger partial charge in [-0.15, -0.1) is 0 Å². The van der Waals surface area contributed by atoms with E-state index in [9.17, 15) is 9.59 Å². The van der Waals surface area contributed by atoms with Crippen molar-refractivity contribution in [2.75, 3.05) is 7.11 Å². The van der Waals surface area contributed by atoms with Crippen LogP contribution in [0.3, 0.4) is 0 Å². The zero-order chi connectivity index (χ0) is 17.1. The number of hydrogen-bond donors (Lipinski definition) is 0. The molecule has 0 aliphatic rings. The monoisotopic (exact) mass is 328 g/mol. The second kappa shape index (κ2) is 6.62. The maximum atomic E-state index is 12.0. The molecule has 0 N–H and O–H groups in total. The first-order valence-corrected chi connectivity index (χ1v) is 7.36. The fourth-order valence-electron chi connectivity index (χ4n) is 2.35. The van der Waals surface area contributed by atoms with Crippen molar-refractivity contribution in [3.05, 3.63) is 59.2 Å². The molecule has 0 spiro atoms. The highest BCUT2D eigenvalue weighted by molar-refractivity contribution is 5.86. The van der Waals surface area contributed by atoms with Crippen LogP contribution in [0.2, 0.25) is 0 Å². The molecule has 3 rings (SSSR count). The van der Waals surface area contributed by atoms with Crippen LogP contribution in [0, 0.1) is 6.92 Å². The van der Waals surface area contributed by atoms with Gasteiger partial charge in [0, 0.05) is 10.9 Å². The minimum absolute atomic E-state index is 0.0509. The van der Waals surface area contributed by atoms with Crippen LogP contribution in [0.25, 0.3) is 11.0 Å². The van der Waals surface area contributed by atoms with Crippen LogP contribution in [-0.4, -0.2) is 19.0 Å². The van der Waals surface area contributed by atoms with Gasteiger partial charge in [0.15, 0.2) is 0 Å². The molecule has 1 aromatic carbocycles. The van der Waals surface area contributed by atoms with Crippen LogP contribution in [0.1, 0.15) is 27.4 Å². The molecule has 0 saturated carbocycles. The second-order valence-corrected chi connectivity index (χ2v) is 5.36. The largest absolute Gasteiger partial charge is 0.464 e. The van der Waals surface area contributed by atoms with Gasteiger partial charge in [0.2, 0.25) is 5.76 Å². The Hall–Kier alpha value is -3.02. The van der Waals surface area contributed by atoms with Gasteiger partial charge in [0.25, 0.3) is 0 Å². The third-order valence-corrected chi connectivity index (χ3v) is 3.57. The van der Waals surface area contributed by atoms with Crippen molar-refractivity contribution in [2.45, 2.75) is 20.0 Å². The summed E-state index contributed by atoms with van der Waals surface area (Å²) in [4.78, 5) is 23.3. The molecule has 0 bridgehead atoms. The average Bonchev–Trinajstić information content (AvgIpc) is 3.19. The molecular weight excluding hydrogens is 312 g/mol. The summed E-state index contributed by atoms with van der Waals surface area (Å²) in [5.41, 5.74) is 2.60. The van der Waals surface area contributed by atoms with Gasteiger partial charge in [0.1, 0.15) is 18.0 Å². The minimum atomic E-state index is -0.576. The number of methoxy groups -OCH3 is 1. The first kappa shape index (κ1) is 15.9. The van der Waals surface area contributed by atoms with Gasteiger partial charge >= 0.3 is 11.9 Å². The Morgan fingerprint density at radius 2 is 2.00 bits per heavy atom. The van der Waals surface area contributed by atoms with Crippen molar-refractivity contribution < 1.29 is 27.9 Å². The molecule has 2 heterocycles. The summed E-state index contributed by atoms with van der Waals surface area (Å²) in [6.07, 6.45) is 1.66. The summed E-state index contributed by atoms with van der Waals surface area (Å²) >= 11 is 0. The topological polar surface area (TPSA) is 78.9 Å². The SMILES string of the molecule is COC(=O)c1ccc(COC(=O)Cc2coc3cc(C)ccc23)o1. The van der Waals surface area contributed by atoms with Gasteiger partial charge in [-0.3, -0.25) is 4.79 Å². The van der Waals surface area contributed by atoms with E-state index in [1.165, 1.54) is 13.2 Å². The molecule has 2 aromatic heterocycles. The number of carbonyl (C=O) groups is 2. The van der Waals surface area contributed by atoms with E-state index in [1.54, 1.807) is 12.3 Å². The number of rotatable bonds is 5. The number of aryl methyl sites for hydroxylation is 1. The number of carbonyl (C=O) groups excluding carboxylic acids is 2. The molecule has 0 aliphatic heterocycles. The van der Waals surface area contributed by atoms with E-state index in [1.807, 2.05) is 25.1 Å². The van der Waals surface area contributed by atoms with Crippen LogP contribution >= 0.6 is 0 Å². The minimum Gasteiger partial charge on any atom is -0.464 e. The fraction of sp³-hybridized carbons (Fsp3) is 0.222. The van der Waals surface area contributed by atoms with E-state index in [-0.39, 0.29) is 18.8 Å². The summed E-state index contributed by atoms with van der Waals surface area (Å²) in [7, 11) is 1.27. The first-order chi connectivity index (χ1) is 11.6. The number of ether oxygens (including phenoxy) is 2. The summed E-state index contributed by atoms with van der Waals surface area (Å²) in [6.45, 7) is 1.92. The standard InChI is InChI=1S/C18H16O6/c1-11-3-5-14-12(9-22-16(14)7-11)8-17(19)23-10-13-4-6-15(24-13)18(20)21-2/h3-7,9H,8,10H2,1-2H3. The zero-order valence-corrected chi connectivity index (χ0v) is 13.3. The molecule has 6 heteroatoms. The smallest absolute Gasteiger partial charge is 0.373 e. The Labute approximate surface area is 137 Å². The van der Waals surface area contributed by atoms with E-state index >= 15 is 0 Å². The van der Waals surface area contributed by atoms with Gasteiger partial charge in [-0.1, -0.05) is 12.1 Å². The molecule has 0 unspecified atom stereocenters. The number of furan rings is 2. The highest BCUT2D eigenvalue weighted by Crippen LogP contribution is 2.23. The second-order valence-electron chi connectivity index (χ2n) is 5.36. The summed E-state index contributed by atoms with van der Waals surface area (Å²) in [5, 5.41) is 0.892. The Kier molecular flexibility index (Phi) is 4.37. The Morgan fingerprint density at radius 3 is 2.79 bits per heavy atom. The molecule has 3 aromatic rings. The molecule has 0 fully saturated rings. The van der Waals surface area contributed by atoms with E-state index < -0.39 is 11.9 Å². The van der Waals surface area contributed by atoms with Gasteiger partial charge in [0.05, 0.1) is 19.8 Å². The van der Waals surface area contributed by atoms with Crippen LogP contribution in [0.4, 0.5) is 0 Å². The van der Waals surface area contributed by atoms with E-state index in [2.05, 4.69) is 4.74 Å². The Balaban J connectivity index is 1.61. The van der Waals surface area contributed by atoms with Gasteiger partial charge < -0.3 is 18.3 Å². The lowest BCUT2D eigenvalue weighted by Crippen LogP contribution is -2.07. The van der Waals surface area contributed by atoms with E-state index in [4.69, 9.17) is 13.6 Å². The quantitative estimate of drug-likeness (QED) is 0.668. The van der Waals surface area contributed by atoms with Crippen molar-refractivity contribution in [1.82, 2.24) is 0 Å². The van der Waals surface area contributed by atoms with E-state index in [0.29, 0.717) is 5.76 Å². The Morgan fingerprint density at radius 1 is 1.17 bits per heavy atom. The van der Waals surface area contributed by atoms with Gasteiger partial charge in [-0.05, 0) is 30.7 Å². The first-order valence-electron chi connectivity index (χ1n) is 7.36. The molecule has 24 heavy (non-hydrogen) atoms. The summed E-state index contributed by atoms with van der Waals surface area (Å²) in [6, 6.07) is 8.84. The lowest BCUT2D eigenvalue weighted by atomic mass is 10.1.